The predicted molar refractivity (Wildman–Crippen MR) is 82.5 cm³/mol. The summed E-state index contributed by atoms with van der Waals surface area (Å²) >= 11 is 11.9. The number of ether oxygens (including phenoxy) is 2. The Balaban J connectivity index is 1.99. The smallest absolute Gasteiger partial charge is 0.231 e. The molecule has 0 spiro atoms. The molecule has 0 radical (unpaired) electrons. The van der Waals surface area contributed by atoms with Crippen molar-refractivity contribution in [1.29, 1.82) is 5.26 Å². The summed E-state index contributed by atoms with van der Waals surface area (Å²) in [6, 6.07) is 12.8. The molecule has 0 aliphatic carbocycles. The highest BCUT2D eigenvalue weighted by atomic mass is 35.5. The van der Waals surface area contributed by atoms with Crippen molar-refractivity contribution in [2.45, 2.75) is 0 Å². The van der Waals surface area contributed by atoms with E-state index in [4.69, 9.17) is 32.7 Å². The fourth-order valence-corrected chi connectivity index (χ4v) is 2.31. The second-order valence-corrected chi connectivity index (χ2v) is 5.23. The highest BCUT2D eigenvalue weighted by Crippen LogP contribution is 2.34. The fraction of sp³-hybridized carbons (Fsp3) is 0.0625. The lowest BCUT2D eigenvalue weighted by atomic mass is 10.0. The van der Waals surface area contributed by atoms with Crippen molar-refractivity contribution in [3.63, 3.8) is 0 Å². The molecule has 104 valence electrons. The van der Waals surface area contributed by atoms with Gasteiger partial charge in [0, 0.05) is 0 Å². The van der Waals surface area contributed by atoms with Crippen molar-refractivity contribution in [1.82, 2.24) is 0 Å². The van der Waals surface area contributed by atoms with Gasteiger partial charge in [0.1, 0.15) is 0 Å². The highest BCUT2D eigenvalue weighted by Gasteiger charge is 2.13. The lowest BCUT2D eigenvalue weighted by Crippen LogP contribution is -1.92. The molecule has 0 N–H and O–H groups in total. The topological polar surface area (TPSA) is 42.2 Å². The van der Waals surface area contributed by atoms with Crippen LogP contribution in [0, 0.1) is 11.3 Å². The number of benzene rings is 2. The SMILES string of the molecule is N#CC(=Cc1ccc2c(c1)OCO2)c1ccc(Cl)c(Cl)c1. The highest BCUT2D eigenvalue weighted by molar-refractivity contribution is 6.42. The van der Waals surface area contributed by atoms with Crippen LogP contribution in [-0.2, 0) is 0 Å². The summed E-state index contributed by atoms with van der Waals surface area (Å²) in [7, 11) is 0. The quantitative estimate of drug-likeness (QED) is 0.591. The van der Waals surface area contributed by atoms with Crippen LogP contribution in [0.25, 0.3) is 11.6 Å². The number of rotatable bonds is 2. The van der Waals surface area contributed by atoms with Gasteiger partial charge in [-0.3, -0.25) is 0 Å². The van der Waals surface area contributed by atoms with Crippen LogP contribution in [0.15, 0.2) is 36.4 Å². The molecule has 0 saturated carbocycles. The molecular weight excluding hydrogens is 309 g/mol. The largest absolute Gasteiger partial charge is 0.454 e. The van der Waals surface area contributed by atoms with E-state index in [2.05, 4.69) is 6.07 Å². The Morgan fingerprint density at radius 3 is 2.62 bits per heavy atom. The molecule has 0 amide bonds. The standard InChI is InChI=1S/C16H9Cl2NO2/c17-13-3-2-11(7-14(13)18)12(8-19)5-10-1-4-15-16(6-10)21-9-20-15/h1-7H,9H2. The van der Waals surface area contributed by atoms with Gasteiger partial charge in [-0.25, -0.2) is 0 Å². The minimum atomic E-state index is 0.223. The molecule has 1 aliphatic heterocycles. The van der Waals surface area contributed by atoms with Crippen LogP contribution in [0.2, 0.25) is 10.0 Å². The van der Waals surface area contributed by atoms with Crippen LogP contribution in [0.3, 0.4) is 0 Å². The number of hydrogen-bond donors (Lipinski definition) is 0. The third-order valence-corrected chi connectivity index (χ3v) is 3.80. The van der Waals surface area contributed by atoms with Crippen LogP contribution in [0.1, 0.15) is 11.1 Å². The van der Waals surface area contributed by atoms with Crippen LogP contribution in [0.4, 0.5) is 0 Å². The maximum absolute atomic E-state index is 9.34. The molecule has 2 aromatic rings. The molecule has 0 atom stereocenters. The molecule has 1 aliphatic rings. The van der Waals surface area contributed by atoms with Crippen LogP contribution in [0.5, 0.6) is 11.5 Å². The zero-order chi connectivity index (χ0) is 14.8. The van der Waals surface area contributed by atoms with Crippen molar-refractivity contribution < 1.29 is 9.47 Å². The van der Waals surface area contributed by atoms with E-state index in [1.807, 2.05) is 18.2 Å². The van der Waals surface area contributed by atoms with E-state index in [9.17, 15) is 5.26 Å². The van der Waals surface area contributed by atoms with Gasteiger partial charge in [0.2, 0.25) is 6.79 Å². The van der Waals surface area contributed by atoms with Crippen LogP contribution in [-0.4, -0.2) is 6.79 Å². The molecule has 0 aromatic heterocycles. The second kappa shape index (κ2) is 5.69. The molecule has 0 fully saturated rings. The summed E-state index contributed by atoms with van der Waals surface area (Å²) in [5.74, 6) is 1.38. The molecule has 2 aromatic carbocycles. The number of nitrogens with zero attached hydrogens (tertiary/aromatic N) is 1. The van der Waals surface area contributed by atoms with Gasteiger partial charge in [-0.2, -0.15) is 5.26 Å². The van der Waals surface area contributed by atoms with Gasteiger partial charge in [-0.1, -0.05) is 35.3 Å². The second-order valence-electron chi connectivity index (χ2n) is 4.41. The molecule has 0 saturated heterocycles. The van der Waals surface area contributed by atoms with Crippen LogP contribution < -0.4 is 9.47 Å². The van der Waals surface area contributed by atoms with Crippen molar-refractivity contribution in [2.24, 2.45) is 0 Å². The maximum atomic E-state index is 9.34. The first-order valence-electron chi connectivity index (χ1n) is 6.14. The van der Waals surface area contributed by atoms with E-state index < -0.39 is 0 Å². The number of halogens is 2. The Labute approximate surface area is 131 Å². The third kappa shape index (κ3) is 2.82. The lowest BCUT2D eigenvalue weighted by molar-refractivity contribution is 0.174. The summed E-state index contributed by atoms with van der Waals surface area (Å²) < 4.78 is 10.6. The Morgan fingerprint density at radius 1 is 1.05 bits per heavy atom. The summed E-state index contributed by atoms with van der Waals surface area (Å²) in [6.45, 7) is 0.223. The van der Waals surface area contributed by atoms with Gasteiger partial charge in [0.25, 0.3) is 0 Å². The molecule has 3 nitrogen and oxygen atoms in total. The third-order valence-electron chi connectivity index (χ3n) is 3.06. The Bertz CT molecular complexity index is 778. The predicted octanol–water partition coefficient (Wildman–Crippen LogP) is 4.79. The zero-order valence-corrected chi connectivity index (χ0v) is 12.3. The molecule has 0 unspecified atom stereocenters. The minimum Gasteiger partial charge on any atom is -0.454 e. The first-order chi connectivity index (χ1) is 10.2. The lowest BCUT2D eigenvalue weighted by Gasteiger charge is -2.03. The summed E-state index contributed by atoms with van der Waals surface area (Å²) in [5.41, 5.74) is 2.05. The minimum absolute atomic E-state index is 0.223. The monoisotopic (exact) mass is 317 g/mol. The average Bonchev–Trinajstić information content (AvgIpc) is 2.95. The number of fused-ring (bicyclic) bond motifs is 1. The Morgan fingerprint density at radius 2 is 1.86 bits per heavy atom. The first-order valence-corrected chi connectivity index (χ1v) is 6.90. The zero-order valence-electron chi connectivity index (χ0n) is 10.8. The van der Waals surface area contributed by atoms with E-state index in [0.717, 1.165) is 5.56 Å². The normalized spacial score (nSPS) is 13.1. The molecule has 5 heteroatoms. The van der Waals surface area contributed by atoms with Crippen molar-refractivity contribution >= 4 is 34.9 Å². The average molecular weight is 318 g/mol. The van der Waals surface area contributed by atoms with Crippen molar-refractivity contribution in [3.05, 3.63) is 57.6 Å². The Hall–Kier alpha value is -2.15. The van der Waals surface area contributed by atoms with Gasteiger partial charge >= 0.3 is 0 Å². The summed E-state index contributed by atoms with van der Waals surface area (Å²) in [4.78, 5) is 0. The van der Waals surface area contributed by atoms with E-state index in [0.29, 0.717) is 32.7 Å². The molecule has 1 heterocycles. The summed E-state index contributed by atoms with van der Waals surface area (Å²) in [6.07, 6.45) is 1.77. The fourth-order valence-electron chi connectivity index (χ4n) is 2.01. The van der Waals surface area contributed by atoms with E-state index in [-0.39, 0.29) is 6.79 Å². The molecule has 21 heavy (non-hydrogen) atoms. The van der Waals surface area contributed by atoms with Crippen LogP contribution >= 0.6 is 23.2 Å². The number of hydrogen-bond acceptors (Lipinski definition) is 3. The molecule has 3 rings (SSSR count). The van der Waals surface area contributed by atoms with Crippen molar-refractivity contribution in [2.75, 3.05) is 6.79 Å². The number of nitriles is 1. The van der Waals surface area contributed by atoms with Gasteiger partial charge in [0.05, 0.1) is 21.7 Å². The van der Waals surface area contributed by atoms with Gasteiger partial charge in [-0.05, 0) is 41.5 Å². The van der Waals surface area contributed by atoms with E-state index >= 15 is 0 Å². The Kier molecular flexibility index (Phi) is 3.74. The first kappa shape index (κ1) is 13.8. The van der Waals surface area contributed by atoms with Gasteiger partial charge < -0.3 is 9.47 Å². The van der Waals surface area contributed by atoms with Gasteiger partial charge in [0.15, 0.2) is 11.5 Å². The summed E-state index contributed by atoms with van der Waals surface area (Å²) in [5, 5.41) is 10.2. The molecule has 0 bridgehead atoms. The van der Waals surface area contributed by atoms with E-state index in [1.54, 1.807) is 24.3 Å². The maximum Gasteiger partial charge on any atom is 0.231 e. The van der Waals surface area contributed by atoms with E-state index in [1.165, 1.54) is 0 Å². The number of allylic oxidation sites excluding steroid dienone is 1. The van der Waals surface area contributed by atoms with Gasteiger partial charge in [-0.15, -0.1) is 0 Å². The molecular formula is C16H9Cl2NO2. The van der Waals surface area contributed by atoms with Crippen molar-refractivity contribution in [3.8, 4) is 17.6 Å².